The molecule has 0 saturated heterocycles. The number of carbonyl (C=O) groups excluding carboxylic acids is 1. The zero-order valence-electron chi connectivity index (χ0n) is 9.06. The second-order valence-electron chi connectivity index (χ2n) is 3.30. The lowest BCUT2D eigenvalue weighted by molar-refractivity contribution is 0.0950. The predicted molar refractivity (Wildman–Crippen MR) is 65.1 cm³/mol. The summed E-state index contributed by atoms with van der Waals surface area (Å²) < 4.78 is 0. The van der Waals surface area contributed by atoms with Crippen LogP contribution in [0.25, 0.3) is 0 Å². The van der Waals surface area contributed by atoms with E-state index in [0.717, 1.165) is 12.2 Å². The van der Waals surface area contributed by atoms with Gasteiger partial charge in [0.05, 0.1) is 5.56 Å². The van der Waals surface area contributed by atoms with Gasteiger partial charge in [-0.2, -0.15) is 11.8 Å². The molecule has 0 aliphatic rings. The van der Waals surface area contributed by atoms with Crippen LogP contribution in [0.5, 0.6) is 11.5 Å². The van der Waals surface area contributed by atoms with Crippen molar-refractivity contribution >= 4 is 17.7 Å². The van der Waals surface area contributed by atoms with E-state index in [1.54, 1.807) is 11.8 Å². The minimum absolute atomic E-state index is 0.0351. The van der Waals surface area contributed by atoms with Gasteiger partial charge in [0.2, 0.25) is 0 Å². The van der Waals surface area contributed by atoms with E-state index in [1.165, 1.54) is 18.2 Å². The minimum atomic E-state index is -0.366. The highest BCUT2D eigenvalue weighted by atomic mass is 32.2. The molecule has 0 fully saturated rings. The Hall–Kier alpha value is -1.36. The normalized spacial score (nSPS) is 10.1. The molecule has 0 bridgehead atoms. The molecule has 16 heavy (non-hydrogen) atoms. The lowest BCUT2D eigenvalue weighted by Gasteiger charge is -2.06. The van der Waals surface area contributed by atoms with Crippen molar-refractivity contribution in [2.45, 2.75) is 6.42 Å². The summed E-state index contributed by atoms with van der Waals surface area (Å²) in [4.78, 5) is 11.6. The van der Waals surface area contributed by atoms with Gasteiger partial charge in [0.1, 0.15) is 11.5 Å². The van der Waals surface area contributed by atoms with Gasteiger partial charge in [-0.3, -0.25) is 4.79 Å². The lowest BCUT2D eigenvalue weighted by atomic mass is 10.2. The maximum atomic E-state index is 11.6. The van der Waals surface area contributed by atoms with Crippen LogP contribution >= 0.6 is 11.8 Å². The van der Waals surface area contributed by atoms with E-state index in [4.69, 9.17) is 0 Å². The summed E-state index contributed by atoms with van der Waals surface area (Å²) in [5, 5.41) is 21.3. The summed E-state index contributed by atoms with van der Waals surface area (Å²) >= 11 is 1.71. The largest absolute Gasteiger partial charge is 0.508 e. The number of rotatable bonds is 5. The van der Waals surface area contributed by atoms with Gasteiger partial charge in [-0.1, -0.05) is 0 Å². The van der Waals surface area contributed by atoms with Crippen molar-refractivity contribution in [1.82, 2.24) is 5.32 Å². The van der Waals surface area contributed by atoms with Crippen molar-refractivity contribution in [2.24, 2.45) is 0 Å². The molecular weight excluding hydrogens is 226 g/mol. The molecule has 0 radical (unpaired) electrons. The molecule has 5 heteroatoms. The van der Waals surface area contributed by atoms with Crippen LogP contribution in [0.2, 0.25) is 0 Å². The highest BCUT2D eigenvalue weighted by Crippen LogP contribution is 2.21. The van der Waals surface area contributed by atoms with Crippen molar-refractivity contribution in [3.05, 3.63) is 23.8 Å². The van der Waals surface area contributed by atoms with Crippen LogP contribution in [-0.4, -0.2) is 34.7 Å². The van der Waals surface area contributed by atoms with Crippen LogP contribution in [0.4, 0.5) is 0 Å². The Kier molecular flexibility index (Phi) is 4.98. The molecule has 0 heterocycles. The number of thioether (sulfide) groups is 1. The number of phenols is 2. The first-order valence-electron chi connectivity index (χ1n) is 4.94. The third-order valence-corrected chi connectivity index (χ3v) is 2.73. The zero-order valence-corrected chi connectivity index (χ0v) is 9.88. The van der Waals surface area contributed by atoms with Gasteiger partial charge < -0.3 is 15.5 Å². The number of amides is 1. The molecule has 88 valence electrons. The average Bonchev–Trinajstić information content (AvgIpc) is 2.27. The summed E-state index contributed by atoms with van der Waals surface area (Å²) in [6, 6.07) is 3.88. The summed E-state index contributed by atoms with van der Waals surface area (Å²) in [6.07, 6.45) is 2.88. The van der Waals surface area contributed by atoms with E-state index in [9.17, 15) is 15.0 Å². The van der Waals surface area contributed by atoms with Crippen LogP contribution in [0.1, 0.15) is 16.8 Å². The number of nitrogens with one attached hydrogen (secondary N) is 1. The summed E-state index contributed by atoms with van der Waals surface area (Å²) in [7, 11) is 0. The van der Waals surface area contributed by atoms with Crippen molar-refractivity contribution in [1.29, 1.82) is 0 Å². The molecule has 0 aromatic heterocycles. The van der Waals surface area contributed by atoms with E-state index in [2.05, 4.69) is 5.32 Å². The third kappa shape index (κ3) is 3.66. The Bertz CT molecular complexity index is 368. The molecule has 3 N–H and O–H groups in total. The minimum Gasteiger partial charge on any atom is -0.508 e. The smallest absolute Gasteiger partial charge is 0.255 e. The Morgan fingerprint density at radius 1 is 1.44 bits per heavy atom. The standard InChI is InChI=1S/C11H15NO3S/c1-16-6-2-5-12-11(15)9-7-8(13)3-4-10(9)14/h3-4,7,13-14H,2,5-6H2,1H3,(H,12,15). The molecule has 0 aliphatic heterocycles. The highest BCUT2D eigenvalue weighted by Gasteiger charge is 2.10. The van der Waals surface area contributed by atoms with E-state index < -0.39 is 0 Å². The molecule has 0 spiro atoms. The fourth-order valence-electron chi connectivity index (χ4n) is 1.22. The monoisotopic (exact) mass is 241 g/mol. The Morgan fingerprint density at radius 3 is 2.88 bits per heavy atom. The summed E-state index contributed by atoms with van der Waals surface area (Å²) in [5.41, 5.74) is 0.101. The van der Waals surface area contributed by atoms with E-state index in [0.29, 0.717) is 6.54 Å². The van der Waals surface area contributed by atoms with Crippen molar-refractivity contribution in [3.63, 3.8) is 0 Å². The van der Waals surface area contributed by atoms with E-state index >= 15 is 0 Å². The van der Waals surface area contributed by atoms with Gasteiger partial charge in [-0.05, 0) is 36.6 Å². The average molecular weight is 241 g/mol. The van der Waals surface area contributed by atoms with Crippen LogP contribution in [0, 0.1) is 0 Å². The number of benzene rings is 1. The number of hydrogen-bond donors (Lipinski definition) is 3. The first-order chi connectivity index (χ1) is 7.65. The topological polar surface area (TPSA) is 69.6 Å². The van der Waals surface area contributed by atoms with Crippen LogP contribution < -0.4 is 5.32 Å². The molecule has 1 aromatic carbocycles. The Balaban J connectivity index is 2.55. The van der Waals surface area contributed by atoms with E-state index in [1.807, 2.05) is 6.26 Å². The van der Waals surface area contributed by atoms with Gasteiger partial charge in [-0.15, -0.1) is 0 Å². The van der Waals surface area contributed by atoms with Gasteiger partial charge in [0.25, 0.3) is 5.91 Å². The molecule has 0 atom stereocenters. The summed E-state index contributed by atoms with van der Waals surface area (Å²) in [6.45, 7) is 0.564. The fourth-order valence-corrected chi connectivity index (χ4v) is 1.65. The molecule has 0 unspecified atom stereocenters. The molecule has 0 saturated carbocycles. The molecule has 0 aliphatic carbocycles. The SMILES string of the molecule is CSCCCNC(=O)c1cc(O)ccc1O. The number of aromatic hydroxyl groups is 2. The Labute approximate surface area is 98.7 Å². The second kappa shape index (κ2) is 6.27. The second-order valence-corrected chi connectivity index (χ2v) is 4.29. The lowest BCUT2D eigenvalue weighted by Crippen LogP contribution is -2.24. The van der Waals surface area contributed by atoms with Crippen LogP contribution in [-0.2, 0) is 0 Å². The molecule has 4 nitrogen and oxygen atoms in total. The van der Waals surface area contributed by atoms with Gasteiger partial charge in [-0.25, -0.2) is 0 Å². The molecule has 1 rings (SSSR count). The first kappa shape index (κ1) is 12.7. The third-order valence-electron chi connectivity index (χ3n) is 2.04. The summed E-state index contributed by atoms with van der Waals surface area (Å²) in [5.74, 6) is 0.452. The number of phenolic OH excluding ortho intramolecular Hbond substituents is 2. The van der Waals surface area contributed by atoms with Crippen molar-refractivity contribution < 1.29 is 15.0 Å². The zero-order chi connectivity index (χ0) is 12.0. The van der Waals surface area contributed by atoms with Crippen LogP contribution in [0.3, 0.4) is 0 Å². The predicted octanol–water partition coefficient (Wildman–Crippen LogP) is 1.58. The maximum Gasteiger partial charge on any atom is 0.255 e. The number of carbonyl (C=O) groups is 1. The van der Waals surface area contributed by atoms with Gasteiger partial charge in [0.15, 0.2) is 0 Å². The van der Waals surface area contributed by atoms with Crippen molar-refractivity contribution in [2.75, 3.05) is 18.6 Å². The van der Waals surface area contributed by atoms with Gasteiger partial charge >= 0.3 is 0 Å². The molecule has 1 aromatic rings. The fraction of sp³-hybridized carbons (Fsp3) is 0.364. The first-order valence-corrected chi connectivity index (χ1v) is 6.33. The maximum absolute atomic E-state index is 11.6. The quantitative estimate of drug-likeness (QED) is 0.541. The van der Waals surface area contributed by atoms with Crippen molar-refractivity contribution in [3.8, 4) is 11.5 Å². The van der Waals surface area contributed by atoms with Crippen LogP contribution in [0.15, 0.2) is 18.2 Å². The highest BCUT2D eigenvalue weighted by molar-refractivity contribution is 7.98. The van der Waals surface area contributed by atoms with E-state index in [-0.39, 0.29) is 23.0 Å². The molecular formula is C11H15NO3S. The Morgan fingerprint density at radius 2 is 2.19 bits per heavy atom. The van der Waals surface area contributed by atoms with Gasteiger partial charge in [0, 0.05) is 6.54 Å². The molecule has 1 amide bonds. The number of hydrogen-bond acceptors (Lipinski definition) is 4.